The highest BCUT2D eigenvalue weighted by molar-refractivity contribution is 5.90. The van der Waals surface area contributed by atoms with E-state index >= 15 is 0 Å². The number of methoxy groups -OCH3 is 2. The van der Waals surface area contributed by atoms with Crippen molar-refractivity contribution >= 4 is 23.6 Å². The van der Waals surface area contributed by atoms with Crippen molar-refractivity contribution in [3.05, 3.63) is 0 Å². The maximum absolute atomic E-state index is 14.0. The molecule has 244 valence electrons. The molecule has 8 atom stereocenters. The summed E-state index contributed by atoms with van der Waals surface area (Å²) >= 11 is 0. The summed E-state index contributed by atoms with van der Waals surface area (Å²) in [5.41, 5.74) is 5.57. The lowest BCUT2D eigenvalue weighted by Crippen LogP contribution is -2.59. The number of carbonyl (C=O) groups is 4. The zero-order chi connectivity index (χ0) is 32.5. The number of likely N-dealkylation sites (N-methyl/N-ethyl adjacent to an activating group) is 2. The molecule has 4 amide bonds. The van der Waals surface area contributed by atoms with Gasteiger partial charge in [0.2, 0.25) is 23.6 Å². The van der Waals surface area contributed by atoms with Crippen molar-refractivity contribution in [3.8, 4) is 0 Å². The summed E-state index contributed by atoms with van der Waals surface area (Å²) in [5.74, 6) is -1.60. The van der Waals surface area contributed by atoms with Crippen LogP contribution in [0.2, 0.25) is 0 Å². The van der Waals surface area contributed by atoms with Gasteiger partial charge in [0.25, 0.3) is 0 Å². The van der Waals surface area contributed by atoms with E-state index in [0.717, 1.165) is 12.8 Å². The molecule has 1 heterocycles. The highest BCUT2D eigenvalue weighted by atomic mass is 16.5. The van der Waals surface area contributed by atoms with Gasteiger partial charge in [-0.05, 0) is 44.7 Å². The summed E-state index contributed by atoms with van der Waals surface area (Å²) in [6, 6.07) is -1.78. The van der Waals surface area contributed by atoms with Crippen LogP contribution >= 0.6 is 0 Å². The van der Waals surface area contributed by atoms with Gasteiger partial charge in [0.15, 0.2) is 0 Å². The molecule has 0 aromatic carbocycles. The summed E-state index contributed by atoms with van der Waals surface area (Å²) in [7, 11) is 8.55. The van der Waals surface area contributed by atoms with Crippen LogP contribution in [0.15, 0.2) is 0 Å². The number of hydrogen-bond acceptors (Lipinski definition) is 7. The number of primary amides is 1. The monoisotopic (exact) mass is 597 g/mol. The molecule has 1 saturated heterocycles. The molecular formula is C31H59N5O6. The lowest BCUT2D eigenvalue weighted by Gasteiger charge is -2.41. The van der Waals surface area contributed by atoms with E-state index in [0.29, 0.717) is 13.0 Å². The minimum Gasteiger partial charge on any atom is -0.379 e. The molecule has 0 bridgehead atoms. The molecule has 1 fully saturated rings. The van der Waals surface area contributed by atoms with Crippen molar-refractivity contribution < 1.29 is 28.7 Å². The smallest absolute Gasteiger partial charge is 0.245 e. The zero-order valence-corrected chi connectivity index (χ0v) is 28.2. The number of ether oxygens (including phenoxy) is 2. The number of nitrogens with one attached hydrogen (secondary N) is 1. The van der Waals surface area contributed by atoms with Crippen molar-refractivity contribution in [1.29, 1.82) is 0 Å². The van der Waals surface area contributed by atoms with Crippen LogP contribution in [0.3, 0.4) is 0 Å². The second-order valence-corrected chi connectivity index (χ2v) is 12.9. The molecule has 11 nitrogen and oxygen atoms in total. The third-order valence-corrected chi connectivity index (χ3v) is 8.98. The highest BCUT2D eigenvalue weighted by Gasteiger charge is 2.42. The fourth-order valence-electron chi connectivity index (χ4n) is 6.42. The van der Waals surface area contributed by atoms with Gasteiger partial charge in [0.1, 0.15) is 6.04 Å². The van der Waals surface area contributed by atoms with Crippen molar-refractivity contribution in [2.75, 3.05) is 41.9 Å². The molecule has 0 aromatic rings. The molecule has 0 aliphatic carbocycles. The Balaban J connectivity index is 3.26. The number of carbonyl (C=O) groups excluding carboxylic acids is 4. The van der Waals surface area contributed by atoms with Crippen LogP contribution in [0.25, 0.3) is 0 Å². The van der Waals surface area contributed by atoms with E-state index in [2.05, 4.69) is 5.32 Å². The van der Waals surface area contributed by atoms with Gasteiger partial charge >= 0.3 is 0 Å². The Morgan fingerprint density at radius 1 is 0.976 bits per heavy atom. The van der Waals surface area contributed by atoms with Gasteiger partial charge in [-0.25, -0.2) is 0 Å². The molecule has 0 spiro atoms. The summed E-state index contributed by atoms with van der Waals surface area (Å²) in [6.45, 7) is 14.2. The van der Waals surface area contributed by atoms with E-state index in [4.69, 9.17) is 15.2 Å². The average molecular weight is 598 g/mol. The summed E-state index contributed by atoms with van der Waals surface area (Å²) < 4.78 is 11.6. The Morgan fingerprint density at radius 3 is 2.00 bits per heavy atom. The Hall–Kier alpha value is -2.24. The van der Waals surface area contributed by atoms with Crippen LogP contribution < -0.4 is 11.1 Å². The second kappa shape index (κ2) is 17.2. The second-order valence-electron chi connectivity index (χ2n) is 12.9. The number of hydrogen-bond donors (Lipinski definition) is 2. The van der Waals surface area contributed by atoms with Gasteiger partial charge in [-0.1, -0.05) is 54.9 Å². The molecule has 11 heteroatoms. The van der Waals surface area contributed by atoms with Crippen LogP contribution in [0.4, 0.5) is 0 Å². The Bertz CT molecular complexity index is 889. The molecule has 0 saturated carbocycles. The third kappa shape index (κ3) is 9.38. The molecule has 0 radical (unpaired) electrons. The van der Waals surface area contributed by atoms with Gasteiger partial charge in [-0.3, -0.25) is 24.1 Å². The fourth-order valence-corrected chi connectivity index (χ4v) is 6.42. The average Bonchev–Trinajstić information content (AvgIpc) is 3.39. The van der Waals surface area contributed by atoms with E-state index in [1.807, 2.05) is 60.5 Å². The molecular weight excluding hydrogens is 538 g/mol. The van der Waals surface area contributed by atoms with Gasteiger partial charge < -0.3 is 30.3 Å². The quantitative estimate of drug-likeness (QED) is 0.262. The van der Waals surface area contributed by atoms with E-state index in [1.165, 1.54) is 7.11 Å². The van der Waals surface area contributed by atoms with Crippen molar-refractivity contribution in [3.63, 3.8) is 0 Å². The zero-order valence-electron chi connectivity index (χ0n) is 28.2. The Morgan fingerprint density at radius 2 is 1.57 bits per heavy atom. The molecule has 7 unspecified atom stereocenters. The van der Waals surface area contributed by atoms with Crippen molar-refractivity contribution in [2.45, 2.75) is 111 Å². The van der Waals surface area contributed by atoms with Crippen LogP contribution in [0, 0.1) is 23.7 Å². The molecule has 1 rings (SSSR count). The first-order chi connectivity index (χ1) is 19.5. The maximum atomic E-state index is 14.0. The number of rotatable bonds is 17. The number of nitrogens with zero attached hydrogens (tertiary/aromatic N) is 3. The van der Waals surface area contributed by atoms with Crippen LogP contribution in [0.5, 0.6) is 0 Å². The normalized spacial score (nSPS) is 20.6. The van der Waals surface area contributed by atoms with Crippen molar-refractivity contribution in [1.82, 2.24) is 20.0 Å². The van der Waals surface area contributed by atoms with Gasteiger partial charge in [-0.15, -0.1) is 0 Å². The largest absolute Gasteiger partial charge is 0.379 e. The summed E-state index contributed by atoms with van der Waals surface area (Å²) in [4.78, 5) is 58.3. The third-order valence-electron chi connectivity index (χ3n) is 8.98. The lowest BCUT2D eigenvalue weighted by molar-refractivity contribution is -0.147. The van der Waals surface area contributed by atoms with Gasteiger partial charge in [-0.2, -0.15) is 0 Å². The van der Waals surface area contributed by atoms with E-state index in [1.54, 1.807) is 30.9 Å². The minimum atomic E-state index is -0.732. The van der Waals surface area contributed by atoms with E-state index < -0.39 is 36.1 Å². The van der Waals surface area contributed by atoms with Gasteiger partial charge in [0, 0.05) is 27.8 Å². The summed E-state index contributed by atoms with van der Waals surface area (Å²) in [6.07, 6.45) is 1.26. The predicted octanol–water partition coefficient (Wildman–Crippen LogP) is 2.12. The van der Waals surface area contributed by atoms with E-state index in [-0.39, 0.29) is 54.0 Å². The fraction of sp³-hybridized carbons (Fsp3) is 0.871. The standard InChI is InChI=1S/C31H59N5O6/c1-13-20(6)27(35(10)31(40)25(18(2)3)33-30(39)26(19(4)5)34(8)9)23(41-11)17-24(37)36-16-14-15-22(36)28(42-12)21(7)29(32)38/h18-23,25-28H,13-17H2,1-12H3,(H2,32,38)(H,33,39)/t20?,21?,22?,23?,25-,26?,27?,28?/m0/s1. The van der Waals surface area contributed by atoms with Crippen LogP contribution in [-0.4, -0.2) is 117 Å². The topological polar surface area (TPSA) is 135 Å². The Labute approximate surface area is 254 Å². The number of amides is 4. The van der Waals surface area contributed by atoms with Crippen LogP contribution in [0.1, 0.15) is 74.1 Å². The molecule has 1 aliphatic heterocycles. The van der Waals surface area contributed by atoms with Gasteiger partial charge in [0.05, 0.1) is 42.7 Å². The molecule has 1 aliphatic rings. The SMILES string of the molecule is CCC(C)C(C(CC(=O)N1CCCC1C(OC)C(C)C(N)=O)OC)N(C)C(=O)[C@@H](NC(=O)C(C(C)C)N(C)C)C(C)C. The minimum absolute atomic E-state index is 0.0152. The maximum Gasteiger partial charge on any atom is 0.245 e. The summed E-state index contributed by atoms with van der Waals surface area (Å²) in [5, 5.41) is 3.02. The number of likely N-dealkylation sites (tertiary alicyclic amines) is 1. The molecule has 42 heavy (non-hydrogen) atoms. The molecule has 0 aromatic heterocycles. The van der Waals surface area contributed by atoms with E-state index in [9.17, 15) is 19.2 Å². The van der Waals surface area contributed by atoms with Crippen LogP contribution in [-0.2, 0) is 28.7 Å². The highest BCUT2D eigenvalue weighted by Crippen LogP contribution is 2.29. The predicted molar refractivity (Wildman–Crippen MR) is 164 cm³/mol. The lowest BCUT2D eigenvalue weighted by atomic mass is 9.89. The molecule has 3 N–H and O–H groups in total. The van der Waals surface area contributed by atoms with Crippen molar-refractivity contribution in [2.24, 2.45) is 29.4 Å². The first-order valence-electron chi connectivity index (χ1n) is 15.4. The first-order valence-corrected chi connectivity index (χ1v) is 15.4. The Kier molecular flexibility index (Phi) is 15.4. The first kappa shape index (κ1) is 37.8. The number of nitrogens with two attached hydrogens (primary N) is 1.